The minimum atomic E-state index is -0.381. The summed E-state index contributed by atoms with van der Waals surface area (Å²) in [5.41, 5.74) is 0.308. The van der Waals surface area contributed by atoms with Gasteiger partial charge in [-0.2, -0.15) is 0 Å². The lowest BCUT2D eigenvalue weighted by molar-refractivity contribution is 0.111. The molecule has 5 heteroatoms. The van der Waals surface area contributed by atoms with Gasteiger partial charge in [-0.1, -0.05) is 0 Å². The van der Waals surface area contributed by atoms with Crippen molar-refractivity contribution in [1.29, 1.82) is 0 Å². The zero-order chi connectivity index (χ0) is 10.8. The molecule has 15 heavy (non-hydrogen) atoms. The highest BCUT2D eigenvalue weighted by molar-refractivity contribution is 5.71. The van der Waals surface area contributed by atoms with Gasteiger partial charge in [0, 0.05) is 6.07 Å². The lowest BCUT2D eigenvalue weighted by Crippen LogP contribution is -2.13. The maximum atomic E-state index is 12.6. The quantitative estimate of drug-likeness (QED) is 0.748. The molecular formula is C10H7FN2O2. The highest BCUT2D eigenvalue weighted by Gasteiger charge is 2.03. The van der Waals surface area contributed by atoms with Crippen molar-refractivity contribution in [3.63, 3.8) is 0 Å². The summed E-state index contributed by atoms with van der Waals surface area (Å²) in [4.78, 5) is 21.8. The Morgan fingerprint density at radius 2 is 1.93 bits per heavy atom. The molecule has 0 saturated carbocycles. The van der Waals surface area contributed by atoms with Gasteiger partial charge in [-0.3, -0.25) is 14.7 Å². The van der Waals surface area contributed by atoms with Crippen LogP contribution in [0.15, 0.2) is 35.1 Å². The first-order valence-electron chi connectivity index (χ1n) is 4.24. The smallest absolute Gasteiger partial charge is 0.271 e. The first-order valence-corrected chi connectivity index (χ1v) is 4.24. The van der Waals surface area contributed by atoms with Crippen molar-refractivity contribution in [1.82, 2.24) is 9.78 Å². The molecular weight excluding hydrogens is 199 g/mol. The minimum Gasteiger partial charge on any atom is -0.296 e. The number of benzene rings is 1. The van der Waals surface area contributed by atoms with Crippen LogP contribution in [0.25, 0.3) is 5.69 Å². The second-order valence-electron chi connectivity index (χ2n) is 2.98. The molecule has 0 fully saturated rings. The van der Waals surface area contributed by atoms with Gasteiger partial charge in [0.2, 0.25) is 0 Å². The van der Waals surface area contributed by atoms with E-state index >= 15 is 0 Å². The van der Waals surface area contributed by atoms with Gasteiger partial charge < -0.3 is 0 Å². The normalized spacial score (nSPS) is 10.2. The van der Waals surface area contributed by atoms with Crippen LogP contribution in [0.3, 0.4) is 0 Å². The number of H-pyrrole nitrogens is 1. The molecule has 0 spiro atoms. The average Bonchev–Trinajstić information content (AvgIpc) is 2.61. The fourth-order valence-electron chi connectivity index (χ4n) is 1.26. The molecule has 0 saturated heterocycles. The van der Waals surface area contributed by atoms with Crippen molar-refractivity contribution in [3.05, 3.63) is 52.2 Å². The molecule has 0 radical (unpaired) electrons. The van der Waals surface area contributed by atoms with E-state index in [9.17, 15) is 14.0 Å². The van der Waals surface area contributed by atoms with E-state index in [1.807, 2.05) is 0 Å². The van der Waals surface area contributed by atoms with Crippen LogP contribution in [0.4, 0.5) is 4.39 Å². The zero-order valence-electron chi connectivity index (χ0n) is 7.61. The number of halogens is 1. The van der Waals surface area contributed by atoms with Gasteiger partial charge in [-0.25, -0.2) is 9.07 Å². The van der Waals surface area contributed by atoms with Gasteiger partial charge in [0.05, 0.1) is 11.4 Å². The summed E-state index contributed by atoms with van der Waals surface area (Å²) >= 11 is 0. The topological polar surface area (TPSA) is 54.9 Å². The molecule has 1 heterocycles. The van der Waals surface area contributed by atoms with Gasteiger partial charge in [0.25, 0.3) is 5.56 Å². The summed E-state index contributed by atoms with van der Waals surface area (Å²) in [6.45, 7) is 0. The molecule has 0 aliphatic heterocycles. The predicted molar refractivity (Wildman–Crippen MR) is 51.7 cm³/mol. The molecule has 0 aliphatic carbocycles. The third kappa shape index (κ3) is 1.71. The van der Waals surface area contributed by atoms with E-state index in [0.29, 0.717) is 12.0 Å². The number of hydrogen-bond acceptors (Lipinski definition) is 2. The van der Waals surface area contributed by atoms with E-state index in [-0.39, 0.29) is 17.1 Å². The Bertz CT molecular complexity index is 539. The number of aromatic nitrogens is 2. The van der Waals surface area contributed by atoms with Crippen molar-refractivity contribution in [3.8, 4) is 5.69 Å². The van der Waals surface area contributed by atoms with Crippen LogP contribution in [0.1, 0.15) is 10.5 Å². The average molecular weight is 206 g/mol. The number of rotatable bonds is 2. The summed E-state index contributed by atoms with van der Waals surface area (Å²) in [5, 5.41) is 2.58. The van der Waals surface area contributed by atoms with Crippen LogP contribution in [0.5, 0.6) is 0 Å². The number of hydrogen-bond donors (Lipinski definition) is 1. The molecule has 1 aromatic heterocycles. The van der Waals surface area contributed by atoms with Crippen LogP contribution < -0.4 is 5.56 Å². The standard InChI is InChI=1S/C10H7FN2O2/c11-7-1-3-9(4-2-7)13-10(15)5-8(6-14)12-13/h1-6,12H. The van der Waals surface area contributed by atoms with Gasteiger partial charge in [0.15, 0.2) is 6.29 Å². The second-order valence-corrected chi connectivity index (χ2v) is 2.98. The Kier molecular flexibility index (Phi) is 2.21. The fourth-order valence-corrected chi connectivity index (χ4v) is 1.26. The number of nitrogens with zero attached hydrogens (tertiary/aromatic N) is 1. The Labute approximate surface area is 83.9 Å². The first kappa shape index (κ1) is 9.39. The molecule has 2 rings (SSSR count). The van der Waals surface area contributed by atoms with Crippen molar-refractivity contribution in [2.75, 3.05) is 0 Å². The third-order valence-corrected chi connectivity index (χ3v) is 1.95. The molecule has 1 aromatic carbocycles. The summed E-state index contributed by atoms with van der Waals surface area (Å²) in [5.74, 6) is -0.381. The van der Waals surface area contributed by atoms with Crippen LogP contribution >= 0.6 is 0 Å². The van der Waals surface area contributed by atoms with Crippen LogP contribution in [-0.4, -0.2) is 16.1 Å². The van der Waals surface area contributed by atoms with Crippen LogP contribution in [0, 0.1) is 5.82 Å². The van der Waals surface area contributed by atoms with Crippen LogP contribution in [0.2, 0.25) is 0 Å². The van der Waals surface area contributed by atoms with Crippen molar-refractivity contribution in [2.24, 2.45) is 0 Å². The first-order chi connectivity index (χ1) is 7.20. The monoisotopic (exact) mass is 206 g/mol. The molecule has 76 valence electrons. The number of carbonyl (C=O) groups excluding carboxylic acids is 1. The molecule has 0 amide bonds. The lowest BCUT2D eigenvalue weighted by Gasteiger charge is -2.00. The third-order valence-electron chi connectivity index (χ3n) is 1.95. The van der Waals surface area contributed by atoms with E-state index in [1.54, 1.807) is 0 Å². The van der Waals surface area contributed by atoms with Gasteiger partial charge in [-0.05, 0) is 24.3 Å². The maximum absolute atomic E-state index is 12.6. The zero-order valence-corrected chi connectivity index (χ0v) is 7.61. The second kappa shape index (κ2) is 3.53. The van der Waals surface area contributed by atoms with Crippen LogP contribution in [-0.2, 0) is 0 Å². The summed E-state index contributed by atoms with van der Waals surface area (Å²) in [7, 11) is 0. The van der Waals surface area contributed by atoms with Crippen molar-refractivity contribution in [2.45, 2.75) is 0 Å². The maximum Gasteiger partial charge on any atom is 0.271 e. The number of nitrogens with one attached hydrogen (secondary N) is 1. The molecule has 1 N–H and O–H groups in total. The Balaban J connectivity index is 2.53. The summed E-state index contributed by atoms with van der Waals surface area (Å²) < 4.78 is 13.8. The summed E-state index contributed by atoms with van der Waals surface area (Å²) in [6, 6.07) is 6.55. The molecule has 0 bridgehead atoms. The number of carbonyl (C=O) groups is 1. The van der Waals surface area contributed by atoms with E-state index in [4.69, 9.17) is 0 Å². The molecule has 2 aromatic rings. The Hall–Kier alpha value is -2.17. The van der Waals surface area contributed by atoms with E-state index in [0.717, 1.165) is 0 Å². The highest BCUT2D eigenvalue weighted by Crippen LogP contribution is 2.05. The number of aromatic amines is 1. The highest BCUT2D eigenvalue weighted by atomic mass is 19.1. The fraction of sp³-hybridized carbons (Fsp3) is 0. The Morgan fingerprint density at radius 3 is 2.47 bits per heavy atom. The van der Waals surface area contributed by atoms with E-state index in [1.165, 1.54) is 35.0 Å². The number of aldehydes is 1. The van der Waals surface area contributed by atoms with Gasteiger partial charge in [0.1, 0.15) is 5.82 Å². The van der Waals surface area contributed by atoms with Gasteiger partial charge >= 0.3 is 0 Å². The molecule has 4 nitrogen and oxygen atoms in total. The van der Waals surface area contributed by atoms with Crippen molar-refractivity contribution < 1.29 is 9.18 Å². The molecule has 0 aliphatic rings. The molecule has 0 unspecified atom stereocenters. The van der Waals surface area contributed by atoms with E-state index < -0.39 is 0 Å². The summed E-state index contributed by atoms with van der Waals surface area (Å²) in [6.07, 6.45) is 0.543. The largest absolute Gasteiger partial charge is 0.296 e. The lowest BCUT2D eigenvalue weighted by atomic mass is 10.3. The minimum absolute atomic E-state index is 0.185. The SMILES string of the molecule is O=Cc1cc(=O)n(-c2ccc(F)cc2)[nH]1. The van der Waals surface area contributed by atoms with E-state index in [2.05, 4.69) is 5.10 Å². The molecule has 0 atom stereocenters. The van der Waals surface area contributed by atoms with Gasteiger partial charge in [-0.15, -0.1) is 0 Å². The van der Waals surface area contributed by atoms with Crippen molar-refractivity contribution >= 4 is 6.29 Å². The Morgan fingerprint density at radius 1 is 1.27 bits per heavy atom. The predicted octanol–water partition coefficient (Wildman–Crippen LogP) is 1.12.